The van der Waals surface area contributed by atoms with Gasteiger partial charge in [-0.05, 0) is 28.3 Å². The van der Waals surface area contributed by atoms with Gasteiger partial charge < -0.3 is 14.7 Å². The monoisotopic (exact) mass is 389 g/mol. The van der Waals surface area contributed by atoms with Gasteiger partial charge in [-0.1, -0.05) is 48.5 Å². The molecule has 1 aliphatic carbocycles. The summed E-state index contributed by atoms with van der Waals surface area (Å²) in [5, 5.41) is 15.1. The zero-order valence-corrected chi connectivity index (χ0v) is 16.3. The number of nitrogens with zero attached hydrogens (tertiary/aromatic N) is 3. The first kappa shape index (κ1) is 17.9. The average Bonchev–Trinajstić information content (AvgIpc) is 3.43. The molecule has 6 heteroatoms. The first-order valence-electron chi connectivity index (χ1n) is 9.88. The van der Waals surface area contributed by atoms with E-state index in [9.17, 15) is 9.90 Å². The summed E-state index contributed by atoms with van der Waals surface area (Å²) in [7, 11) is 1.79. The maximum absolute atomic E-state index is 12.7. The number of hydrogen-bond acceptors (Lipinski definition) is 4. The van der Waals surface area contributed by atoms with E-state index in [1.807, 2.05) is 24.3 Å². The predicted molar refractivity (Wildman–Crippen MR) is 108 cm³/mol. The van der Waals surface area contributed by atoms with E-state index in [0.29, 0.717) is 18.7 Å². The Balaban J connectivity index is 1.30. The van der Waals surface area contributed by atoms with Gasteiger partial charge in [0.15, 0.2) is 0 Å². The van der Waals surface area contributed by atoms with Gasteiger partial charge in [0.2, 0.25) is 0 Å². The summed E-state index contributed by atoms with van der Waals surface area (Å²) in [6.07, 6.45) is 1.74. The normalized spacial score (nSPS) is 20.6. The van der Waals surface area contributed by atoms with Crippen molar-refractivity contribution in [1.29, 1.82) is 0 Å². The molecule has 1 fully saturated rings. The summed E-state index contributed by atoms with van der Waals surface area (Å²) in [4.78, 5) is 14.3. The van der Waals surface area contributed by atoms with E-state index in [-0.39, 0.29) is 25.2 Å². The number of aryl methyl sites for hydroxylation is 1. The van der Waals surface area contributed by atoms with Gasteiger partial charge >= 0.3 is 6.09 Å². The number of ether oxygens (including phenoxy) is 1. The van der Waals surface area contributed by atoms with Crippen molar-refractivity contribution in [2.45, 2.75) is 17.9 Å². The molecule has 29 heavy (non-hydrogen) atoms. The van der Waals surface area contributed by atoms with E-state index in [1.165, 1.54) is 22.3 Å². The standard InChI is InChI=1S/C23H23N3O3/c1-25-21(10-12-24-25)23(28)11-13-26(15-23)22(27)29-14-20-18-8-4-2-6-16(18)17-7-3-5-9-19(17)20/h2-10,12,20,28H,11,13-15H2,1H3. The molecule has 0 saturated carbocycles. The molecule has 1 aromatic heterocycles. The first-order chi connectivity index (χ1) is 14.1. The molecule has 1 N–H and O–H groups in total. The number of aromatic nitrogens is 2. The van der Waals surface area contributed by atoms with Crippen LogP contribution in [0.5, 0.6) is 0 Å². The Kier molecular flexibility index (Phi) is 4.17. The van der Waals surface area contributed by atoms with Crippen LogP contribution in [0.1, 0.15) is 29.2 Å². The van der Waals surface area contributed by atoms with Crippen molar-refractivity contribution in [3.8, 4) is 11.1 Å². The van der Waals surface area contributed by atoms with E-state index in [4.69, 9.17) is 4.74 Å². The number of aliphatic hydroxyl groups is 1. The average molecular weight is 389 g/mol. The molecule has 1 amide bonds. The van der Waals surface area contributed by atoms with Gasteiger partial charge in [0.05, 0.1) is 12.2 Å². The van der Waals surface area contributed by atoms with Crippen LogP contribution in [0.3, 0.4) is 0 Å². The van der Waals surface area contributed by atoms with Crippen LogP contribution in [-0.2, 0) is 17.4 Å². The van der Waals surface area contributed by atoms with Gasteiger partial charge in [0, 0.05) is 32.1 Å². The lowest BCUT2D eigenvalue weighted by Gasteiger charge is -2.24. The molecule has 1 atom stereocenters. The molecule has 3 aromatic rings. The molecule has 1 saturated heterocycles. The minimum atomic E-state index is -1.09. The molecule has 2 heterocycles. The number of benzene rings is 2. The third-order valence-corrected chi connectivity index (χ3v) is 6.14. The lowest BCUT2D eigenvalue weighted by Crippen LogP contribution is -2.36. The van der Waals surface area contributed by atoms with Gasteiger partial charge in [-0.3, -0.25) is 4.68 Å². The molecule has 6 nitrogen and oxygen atoms in total. The summed E-state index contributed by atoms with van der Waals surface area (Å²) in [5.74, 6) is 0.0323. The van der Waals surface area contributed by atoms with Crippen LogP contribution in [0.15, 0.2) is 60.8 Å². The van der Waals surface area contributed by atoms with Gasteiger partial charge in [-0.2, -0.15) is 5.10 Å². The Labute approximate surface area is 169 Å². The number of amides is 1. The number of rotatable bonds is 3. The number of hydrogen-bond donors (Lipinski definition) is 1. The second-order valence-corrected chi connectivity index (χ2v) is 7.85. The lowest BCUT2D eigenvalue weighted by atomic mass is 9.98. The van der Waals surface area contributed by atoms with Crippen molar-refractivity contribution in [2.24, 2.45) is 7.05 Å². The van der Waals surface area contributed by atoms with Crippen LogP contribution in [0.2, 0.25) is 0 Å². The van der Waals surface area contributed by atoms with Gasteiger partial charge in [-0.25, -0.2) is 4.79 Å². The van der Waals surface area contributed by atoms with Gasteiger partial charge in [-0.15, -0.1) is 0 Å². The summed E-state index contributed by atoms with van der Waals surface area (Å²) in [6.45, 7) is 0.953. The molecule has 1 aliphatic heterocycles. The Morgan fingerprint density at radius 3 is 2.41 bits per heavy atom. The van der Waals surface area contributed by atoms with E-state index in [0.717, 1.165) is 0 Å². The van der Waals surface area contributed by atoms with Crippen molar-refractivity contribution >= 4 is 6.09 Å². The minimum absolute atomic E-state index is 0.0323. The van der Waals surface area contributed by atoms with Crippen LogP contribution in [0.25, 0.3) is 11.1 Å². The number of carbonyl (C=O) groups excluding carboxylic acids is 1. The molecule has 1 unspecified atom stereocenters. The zero-order chi connectivity index (χ0) is 20.0. The number of fused-ring (bicyclic) bond motifs is 3. The quantitative estimate of drug-likeness (QED) is 0.747. The molecule has 2 aromatic carbocycles. The molecular formula is C23H23N3O3. The van der Waals surface area contributed by atoms with Crippen LogP contribution in [0, 0.1) is 0 Å². The molecular weight excluding hydrogens is 366 g/mol. The van der Waals surface area contributed by atoms with Crippen LogP contribution < -0.4 is 0 Å². The highest BCUT2D eigenvalue weighted by Gasteiger charge is 2.42. The second kappa shape index (κ2) is 6.74. The summed E-state index contributed by atoms with van der Waals surface area (Å²) < 4.78 is 7.37. The van der Waals surface area contributed by atoms with Crippen molar-refractivity contribution in [3.63, 3.8) is 0 Å². The van der Waals surface area contributed by atoms with Crippen LogP contribution in [-0.4, -0.2) is 45.6 Å². The summed E-state index contributed by atoms with van der Waals surface area (Å²) in [6, 6.07) is 18.3. The first-order valence-corrected chi connectivity index (χ1v) is 9.88. The van der Waals surface area contributed by atoms with Crippen LogP contribution in [0.4, 0.5) is 4.79 Å². The number of likely N-dealkylation sites (tertiary alicyclic amines) is 1. The van der Waals surface area contributed by atoms with E-state index in [2.05, 4.69) is 29.4 Å². The van der Waals surface area contributed by atoms with Gasteiger partial charge in [0.25, 0.3) is 0 Å². The fourth-order valence-electron chi connectivity index (χ4n) is 4.67. The SMILES string of the molecule is Cn1nccc1C1(O)CCN(C(=O)OCC2c3ccccc3-c3ccccc32)C1. The Bertz CT molecular complexity index is 1030. The Hall–Kier alpha value is -3.12. The molecule has 0 spiro atoms. The molecule has 0 bridgehead atoms. The fourth-order valence-corrected chi connectivity index (χ4v) is 4.67. The van der Waals surface area contributed by atoms with Crippen molar-refractivity contribution in [2.75, 3.05) is 19.7 Å². The van der Waals surface area contributed by atoms with Crippen molar-refractivity contribution in [3.05, 3.63) is 77.6 Å². The lowest BCUT2D eigenvalue weighted by molar-refractivity contribution is 0.0343. The maximum atomic E-state index is 12.7. The summed E-state index contributed by atoms with van der Waals surface area (Å²) >= 11 is 0. The second-order valence-electron chi connectivity index (χ2n) is 7.85. The van der Waals surface area contributed by atoms with Crippen molar-refractivity contribution < 1.29 is 14.6 Å². The molecule has 148 valence electrons. The molecule has 0 radical (unpaired) electrons. The summed E-state index contributed by atoms with van der Waals surface area (Å²) in [5.41, 5.74) is 4.42. The third kappa shape index (κ3) is 2.91. The maximum Gasteiger partial charge on any atom is 0.409 e. The highest BCUT2D eigenvalue weighted by atomic mass is 16.6. The third-order valence-electron chi connectivity index (χ3n) is 6.14. The number of carbonyl (C=O) groups is 1. The smallest absolute Gasteiger partial charge is 0.409 e. The van der Waals surface area contributed by atoms with Crippen molar-refractivity contribution in [1.82, 2.24) is 14.7 Å². The minimum Gasteiger partial charge on any atom is -0.448 e. The predicted octanol–water partition coefficient (Wildman–Crippen LogP) is 3.26. The molecule has 5 rings (SSSR count). The van der Waals surface area contributed by atoms with E-state index < -0.39 is 5.60 Å². The number of β-amino-alcohol motifs (C(OH)–C–C–N with tert-alkyl or cyclic N) is 1. The topological polar surface area (TPSA) is 67.6 Å². The largest absolute Gasteiger partial charge is 0.448 e. The van der Waals surface area contributed by atoms with E-state index in [1.54, 1.807) is 28.9 Å². The Morgan fingerprint density at radius 1 is 1.14 bits per heavy atom. The molecule has 2 aliphatic rings. The van der Waals surface area contributed by atoms with E-state index >= 15 is 0 Å². The fraction of sp³-hybridized carbons (Fsp3) is 0.304. The van der Waals surface area contributed by atoms with Gasteiger partial charge in [0.1, 0.15) is 12.2 Å². The zero-order valence-electron chi connectivity index (χ0n) is 16.3. The Morgan fingerprint density at radius 2 is 1.79 bits per heavy atom. The highest BCUT2D eigenvalue weighted by molar-refractivity contribution is 5.79. The highest BCUT2D eigenvalue weighted by Crippen LogP contribution is 2.44. The van der Waals surface area contributed by atoms with Crippen LogP contribution >= 0.6 is 0 Å².